The molecule has 0 amide bonds. The van der Waals surface area contributed by atoms with Gasteiger partial charge in [-0.1, -0.05) is 19.1 Å². The molecule has 0 radical (unpaired) electrons. The topological polar surface area (TPSA) is 46.5 Å². The number of allylic oxidation sites excluding steroid dienone is 2. The zero-order valence-corrected chi connectivity index (χ0v) is 10.2. The summed E-state index contributed by atoms with van der Waals surface area (Å²) in [7, 11) is 1.42. The lowest BCUT2D eigenvalue weighted by Crippen LogP contribution is -2.21. The molecule has 92 valence electrons. The predicted molar refractivity (Wildman–Crippen MR) is 62.9 cm³/mol. The van der Waals surface area contributed by atoms with Crippen molar-refractivity contribution in [1.29, 1.82) is 0 Å². The molecule has 1 fully saturated rings. The standard InChI is InChI=1S/C13H22O3/c1-3-4-5-6-11-10(7-8-12(11)14)9-13(15)16-2/h4-5,10-12,14H,3,6-9H2,1-2H3/b5-4-/t10-,11-,12-/m0/s1. The number of aliphatic hydroxyl groups is 1. The summed E-state index contributed by atoms with van der Waals surface area (Å²) in [6.07, 6.45) is 8.05. The van der Waals surface area contributed by atoms with Gasteiger partial charge >= 0.3 is 5.97 Å². The maximum atomic E-state index is 11.2. The van der Waals surface area contributed by atoms with Crippen molar-refractivity contribution in [1.82, 2.24) is 0 Å². The number of methoxy groups -OCH3 is 1. The quantitative estimate of drug-likeness (QED) is 0.578. The van der Waals surface area contributed by atoms with Gasteiger partial charge in [-0.3, -0.25) is 4.79 Å². The summed E-state index contributed by atoms with van der Waals surface area (Å²) < 4.78 is 4.68. The molecule has 0 aliphatic heterocycles. The Hall–Kier alpha value is -0.830. The van der Waals surface area contributed by atoms with E-state index in [1.807, 2.05) is 0 Å². The smallest absolute Gasteiger partial charge is 0.305 e. The van der Waals surface area contributed by atoms with E-state index in [-0.39, 0.29) is 23.9 Å². The van der Waals surface area contributed by atoms with Crippen molar-refractivity contribution in [2.45, 2.75) is 45.1 Å². The van der Waals surface area contributed by atoms with Gasteiger partial charge in [0, 0.05) is 6.42 Å². The molecule has 1 aliphatic rings. The van der Waals surface area contributed by atoms with Crippen molar-refractivity contribution in [2.24, 2.45) is 11.8 Å². The van der Waals surface area contributed by atoms with Gasteiger partial charge in [-0.2, -0.15) is 0 Å². The number of hydrogen-bond donors (Lipinski definition) is 1. The predicted octanol–water partition coefficient (Wildman–Crippen LogP) is 2.29. The maximum absolute atomic E-state index is 11.2. The highest BCUT2D eigenvalue weighted by atomic mass is 16.5. The molecule has 0 heterocycles. The van der Waals surface area contributed by atoms with Gasteiger partial charge in [-0.15, -0.1) is 0 Å². The van der Waals surface area contributed by atoms with Crippen molar-refractivity contribution in [3.05, 3.63) is 12.2 Å². The van der Waals surface area contributed by atoms with Gasteiger partial charge in [0.25, 0.3) is 0 Å². The molecular formula is C13H22O3. The van der Waals surface area contributed by atoms with Crippen molar-refractivity contribution in [3.63, 3.8) is 0 Å². The number of ether oxygens (including phenoxy) is 1. The highest BCUT2D eigenvalue weighted by Gasteiger charge is 2.35. The van der Waals surface area contributed by atoms with E-state index in [0.29, 0.717) is 6.42 Å². The summed E-state index contributed by atoms with van der Waals surface area (Å²) in [5.74, 6) is 0.342. The molecular weight excluding hydrogens is 204 g/mol. The number of carbonyl (C=O) groups is 1. The monoisotopic (exact) mass is 226 g/mol. The lowest BCUT2D eigenvalue weighted by molar-refractivity contribution is -0.142. The Bertz CT molecular complexity index is 248. The molecule has 0 bridgehead atoms. The van der Waals surface area contributed by atoms with E-state index >= 15 is 0 Å². The number of esters is 1. The fraction of sp³-hybridized carbons (Fsp3) is 0.769. The third-order valence-electron chi connectivity index (χ3n) is 3.40. The largest absolute Gasteiger partial charge is 0.469 e. The van der Waals surface area contributed by atoms with Crippen LogP contribution in [-0.2, 0) is 9.53 Å². The number of carbonyl (C=O) groups excluding carboxylic acids is 1. The Morgan fingerprint density at radius 1 is 1.44 bits per heavy atom. The van der Waals surface area contributed by atoms with Gasteiger partial charge in [-0.25, -0.2) is 0 Å². The van der Waals surface area contributed by atoms with Gasteiger partial charge in [0.2, 0.25) is 0 Å². The van der Waals surface area contributed by atoms with Crippen LogP contribution < -0.4 is 0 Å². The minimum absolute atomic E-state index is 0.163. The van der Waals surface area contributed by atoms with Crippen LogP contribution in [0.3, 0.4) is 0 Å². The van der Waals surface area contributed by atoms with E-state index in [1.165, 1.54) is 7.11 Å². The first kappa shape index (κ1) is 13.2. The Labute approximate surface area is 97.5 Å². The van der Waals surface area contributed by atoms with Crippen molar-refractivity contribution >= 4 is 5.97 Å². The third-order valence-corrected chi connectivity index (χ3v) is 3.40. The summed E-state index contributed by atoms with van der Waals surface area (Å²) in [5, 5.41) is 9.86. The minimum Gasteiger partial charge on any atom is -0.469 e. The molecule has 1 saturated carbocycles. The molecule has 3 heteroatoms. The lowest BCUT2D eigenvalue weighted by Gasteiger charge is -2.19. The molecule has 0 saturated heterocycles. The van der Waals surface area contributed by atoms with Crippen LogP contribution in [-0.4, -0.2) is 24.3 Å². The van der Waals surface area contributed by atoms with E-state index in [1.54, 1.807) is 0 Å². The van der Waals surface area contributed by atoms with E-state index in [2.05, 4.69) is 23.8 Å². The zero-order chi connectivity index (χ0) is 12.0. The minimum atomic E-state index is -0.254. The van der Waals surface area contributed by atoms with Crippen molar-refractivity contribution in [3.8, 4) is 0 Å². The van der Waals surface area contributed by atoms with Gasteiger partial charge in [0.15, 0.2) is 0 Å². The van der Waals surface area contributed by atoms with Crippen LogP contribution in [0.15, 0.2) is 12.2 Å². The summed E-state index contributed by atoms with van der Waals surface area (Å²) in [5.41, 5.74) is 0. The normalized spacial score (nSPS) is 29.8. The average Bonchev–Trinajstić information content (AvgIpc) is 2.61. The molecule has 3 atom stereocenters. The van der Waals surface area contributed by atoms with Gasteiger partial charge < -0.3 is 9.84 Å². The Morgan fingerprint density at radius 3 is 2.81 bits per heavy atom. The van der Waals surface area contributed by atoms with Crippen LogP contribution in [0.1, 0.15) is 39.0 Å². The van der Waals surface area contributed by atoms with Crippen LogP contribution >= 0.6 is 0 Å². The summed E-state index contributed by atoms with van der Waals surface area (Å²) in [4.78, 5) is 11.2. The van der Waals surface area contributed by atoms with Crippen molar-refractivity contribution < 1.29 is 14.6 Å². The van der Waals surface area contributed by atoms with Gasteiger partial charge in [0.05, 0.1) is 13.2 Å². The van der Waals surface area contributed by atoms with Crippen LogP contribution in [0.25, 0.3) is 0 Å². The Kier molecular flexibility index (Phi) is 5.53. The van der Waals surface area contributed by atoms with Crippen LogP contribution in [0.4, 0.5) is 0 Å². The fourth-order valence-electron chi connectivity index (χ4n) is 2.45. The molecule has 0 aromatic rings. The lowest BCUT2D eigenvalue weighted by atomic mass is 9.89. The van der Waals surface area contributed by atoms with Gasteiger partial charge in [0.1, 0.15) is 0 Å². The van der Waals surface area contributed by atoms with Crippen LogP contribution in [0.2, 0.25) is 0 Å². The summed E-state index contributed by atoms with van der Waals surface area (Å²) in [6.45, 7) is 2.09. The van der Waals surface area contributed by atoms with Crippen LogP contribution in [0, 0.1) is 11.8 Å². The molecule has 1 aliphatic carbocycles. The van der Waals surface area contributed by atoms with Crippen LogP contribution in [0.5, 0.6) is 0 Å². The SMILES string of the molecule is CC/C=C\C[C@H]1[C@H](CC(=O)OC)CC[C@@H]1O. The molecule has 1 rings (SSSR count). The zero-order valence-electron chi connectivity index (χ0n) is 10.2. The molecule has 3 nitrogen and oxygen atoms in total. The molecule has 0 aromatic heterocycles. The Morgan fingerprint density at radius 2 is 2.19 bits per heavy atom. The second-order valence-corrected chi connectivity index (χ2v) is 4.46. The van der Waals surface area contributed by atoms with E-state index in [0.717, 1.165) is 25.7 Å². The maximum Gasteiger partial charge on any atom is 0.305 e. The number of hydrogen-bond acceptors (Lipinski definition) is 3. The first-order valence-corrected chi connectivity index (χ1v) is 6.08. The summed E-state index contributed by atoms with van der Waals surface area (Å²) in [6, 6.07) is 0. The first-order valence-electron chi connectivity index (χ1n) is 6.08. The average molecular weight is 226 g/mol. The highest BCUT2D eigenvalue weighted by Crippen LogP contribution is 2.37. The van der Waals surface area contributed by atoms with E-state index in [9.17, 15) is 9.90 Å². The van der Waals surface area contributed by atoms with Gasteiger partial charge in [-0.05, 0) is 37.5 Å². The Balaban J connectivity index is 2.48. The molecule has 0 aromatic carbocycles. The molecule has 1 N–H and O–H groups in total. The second kappa shape index (κ2) is 6.69. The summed E-state index contributed by atoms with van der Waals surface area (Å²) >= 11 is 0. The number of rotatable bonds is 5. The highest BCUT2D eigenvalue weighted by molar-refractivity contribution is 5.69. The van der Waals surface area contributed by atoms with E-state index in [4.69, 9.17) is 0 Å². The molecule has 0 unspecified atom stereocenters. The second-order valence-electron chi connectivity index (χ2n) is 4.46. The fourth-order valence-corrected chi connectivity index (χ4v) is 2.45. The molecule has 16 heavy (non-hydrogen) atoms. The van der Waals surface area contributed by atoms with E-state index < -0.39 is 0 Å². The molecule has 0 spiro atoms. The number of aliphatic hydroxyl groups excluding tert-OH is 1. The third kappa shape index (κ3) is 3.63. The first-order chi connectivity index (χ1) is 7.69. The van der Waals surface area contributed by atoms with Crippen molar-refractivity contribution in [2.75, 3.05) is 7.11 Å².